The molecule has 1 amide bonds. The molecule has 1 unspecified atom stereocenters. The number of aromatic amines is 1. The summed E-state index contributed by atoms with van der Waals surface area (Å²) in [4.78, 5) is 14.4. The van der Waals surface area contributed by atoms with Gasteiger partial charge in [0.2, 0.25) is 0 Å². The van der Waals surface area contributed by atoms with Gasteiger partial charge >= 0.3 is 0 Å². The molecule has 3 aromatic rings. The van der Waals surface area contributed by atoms with Gasteiger partial charge in [0.15, 0.2) is 21.3 Å². The fourth-order valence-electron chi connectivity index (χ4n) is 3.13. The summed E-state index contributed by atoms with van der Waals surface area (Å²) in [5, 5.41) is 6.62. The first-order valence-electron chi connectivity index (χ1n) is 8.33. The largest absolute Gasteiger partial charge is 0.463 e. The van der Waals surface area contributed by atoms with E-state index >= 15 is 0 Å². The Morgan fingerprint density at radius 2 is 2.04 bits per heavy atom. The van der Waals surface area contributed by atoms with Crippen molar-refractivity contribution in [1.29, 1.82) is 0 Å². The van der Waals surface area contributed by atoms with Crippen LogP contribution in [0.1, 0.15) is 16.9 Å². The van der Waals surface area contributed by atoms with Crippen LogP contribution < -0.4 is 0 Å². The van der Waals surface area contributed by atoms with Gasteiger partial charge < -0.3 is 9.32 Å². The molecule has 27 heavy (non-hydrogen) atoms. The average molecular weight is 406 g/mol. The van der Waals surface area contributed by atoms with Gasteiger partial charge in [-0.3, -0.25) is 9.89 Å². The molecule has 1 aliphatic rings. The van der Waals surface area contributed by atoms with Gasteiger partial charge in [-0.15, -0.1) is 0 Å². The second kappa shape index (κ2) is 6.86. The number of carbonyl (C=O) groups is 1. The van der Waals surface area contributed by atoms with Crippen LogP contribution in [0.5, 0.6) is 0 Å². The zero-order chi connectivity index (χ0) is 19.0. The Balaban J connectivity index is 1.49. The third-order valence-corrected chi connectivity index (χ3v) is 7.04. The standard InChI is InChI=1S/C18H16ClN3O4S/c19-12-3-5-13(6-4-12)27(24,25)14-7-8-22(11-14)18(23)16-10-15(20-21-16)17-2-1-9-26-17/h1-6,9-10,14H,7-8,11H2,(H,20,21). The Kier molecular flexibility index (Phi) is 4.53. The first-order valence-corrected chi connectivity index (χ1v) is 10.3. The average Bonchev–Trinajstić information content (AvgIpc) is 3.42. The third-order valence-electron chi connectivity index (χ3n) is 4.60. The van der Waals surface area contributed by atoms with Crippen LogP contribution in [0.15, 0.2) is 58.0 Å². The zero-order valence-corrected chi connectivity index (χ0v) is 15.7. The van der Waals surface area contributed by atoms with Gasteiger partial charge in [0.1, 0.15) is 5.69 Å². The summed E-state index contributed by atoms with van der Waals surface area (Å²) >= 11 is 5.83. The predicted octanol–water partition coefficient (Wildman–Crippen LogP) is 3.01. The second-order valence-corrected chi connectivity index (χ2v) is 8.97. The fourth-order valence-corrected chi connectivity index (χ4v) is 4.95. The number of carbonyl (C=O) groups excluding carboxylic acids is 1. The van der Waals surface area contributed by atoms with Crippen molar-refractivity contribution >= 4 is 27.3 Å². The van der Waals surface area contributed by atoms with Crippen molar-refractivity contribution in [2.45, 2.75) is 16.6 Å². The number of aromatic nitrogens is 2. The molecule has 7 nitrogen and oxygen atoms in total. The van der Waals surface area contributed by atoms with Crippen molar-refractivity contribution in [3.05, 3.63) is 59.4 Å². The molecule has 1 saturated heterocycles. The minimum Gasteiger partial charge on any atom is -0.463 e. The highest BCUT2D eigenvalue weighted by Gasteiger charge is 2.37. The summed E-state index contributed by atoms with van der Waals surface area (Å²) in [6, 6.07) is 11.2. The third kappa shape index (κ3) is 3.38. The molecule has 2 aromatic heterocycles. The minimum absolute atomic E-state index is 0.132. The lowest BCUT2D eigenvalue weighted by Crippen LogP contribution is -2.32. The molecule has 0 spiro atoms. The van der Waals surface area contributed by atoms with Crippen molar-refractivity contribution in [1.82, 2.24) is 15.1 Å². The SMILES string of the molecule is O=C(c1cc(-c2ccco2)[nH]n1)N1CCC(S(=O)(=O)c2ccc(Cl)cc2)C1. The molecular formula is C18H16ClN3O4S. The van der Waals surface area contributed by atoms with E-state index in [0.29, 0.717) is 29.4 Å². The number of amides is 1. The molecule has 9 heteroatoms. The number of halogens is 1. The van der Waals surface area contributed by atoms with Gasteiger partial charge in [0, 0.05) is 24.2 Å². The van der Waals surface area contributed by atoms with Gasteiger partial charge in [-0.1, -0.05) is 11.6 Å². The molecule has 4 rings (SSSR count). The molecule has 0 aliphatic carbocycles. The lowest BCUT2D eigenvalue weighted by atomic mass is 10.3. The monoisotopic (exact) mass is 405 g/mol. The minimum atomic E-state index is -3.53. The Labute approximate surface area is 160 Å². The summed E-state index contributed by atoms with van der Waals surface area (Å²) in [7, 11) is -3.53. The summed E-state index contributed by atoms with van der Waals surface area (Å²) in [5.41, 5.74) is 0.818. The lowest BCUT2D eigenvalue weighted by Gasteiger charge is -2.15. The van der Waals surface area contributed by atoms with E-state index in [2.05, 4.69) is 10.2 Å². The number of likely N-dealkylation sites (tertiary alicyclic amines) is 1. The van der Waals surface area contributed by atoms with E-state index in [1.807, 2.05) is 0 Å². The highest BCUT2D eigenvalue weighted by molar-refractivity contribution is 7.92. The van der Waals surface area contributed by atoms with Crippen LogP contribution in [0.4, 0.5) is 0 Å². The van der Waals surface area contributed by atoms with Gasteiger partial charge in [-0.2, -0.15) is 5.10 Å². The second-order valence-electron chi connectivity index (χ2n) is 6.30. The lowest BCUT2D eigenvalue weighted by molar-refractivity contribution is 0.0787. The molecule has 1 atom stereocenters. The van der Waals surface area contributed by atoms with Gasteiger partial charge in [0.05, 0.1) is 16.4 Å². The topological polar surface area (TPSA) is 96.3 Å². The van der Waals surface area contributed by atoms with E-state index in [4.69, 9.17) is 16.0 Å². The van der Waals surface area contributed by atoms with E-state index in [1.165, 1.54) is 23.3 Å². The number of hydrogen-bond donors (Lipinski definition) is 1. The summed E-state index contributed by atoms with van der Waals surface area (Å²) in [6.45, 7) is 0.492. The molecule has 0 radical (unpaired) electrons. The maximum atomic E-state index is 12.8. The Morgan fingerprint density at radius 1 is 1.26 bits per heavy atom. The van der Waals surface area contributed by atoms with Crippen molar-refractivity contribution < 1.29 is 17.6 Å². The van der Waals surface area contributed by atoms with Gasteiger partial charge in [-0.05, 0) is 42.8 Å². The van der Waals surface area contributed by atoms with Crippen molar-refractivity contribution in [2.75, 3.05) is 13.1 Å². The molecule has 1 fully saturated rings. The smallest absolute Gasteiger partial charge is 0.274 e. The van der Waals surface area contributed by atoms with E-state index in [1.54, 1.807) is 30.3 Å². The van der Waals surface area contributed by atoms with Gasteiger partial charge in [0.25, 0.3) is 5.91 Å². The number of benzene rings is 1. The highest BCUT2D eigenvalue weighted by Crippen LogP contribution is 2.26. The maximum absolute atomic E-state index is 12.8. The van der Waals surface area contributed by atoms with Crippen LogP contribution in [0, 0.1) is 0 Å². The maximum Gasteiger partial charge on any atom is 0.274 e. The molecule has 140 valence electrons. The summed E-state index contributed by atoms with van der Waals surface area (Å²) in [5.74, 6) is 0.268. The van der Waals surface area contributed by atoms with Crippen LogP contribution in [0.2, 0.25) is 5.02 Å². The quantitative estimate of drug-likeness (QED) is 0.719. The zero-order valence-electron chi connectivity index (χ0n) is 14.1. The molecule has 1 aliphatic heterocycles. The first kappa shape index (κ1) is 17.8. The number of furan rings is 1. The number of sulfone groups is 1. The van der Waals surface area contributed by atoms with Crippen LogP contribution in [-0.4, -0.2) is 47.8 Å². The number of hydrogen-bond acceptors (Lipinski definition) is 5. The van der Waals surface area contributed by atoms with Crippen LogP contribution in [0.3, 0.4) is 0 Å². The summed E-state index contributed by atoms with van der Waals surface area (Å²) < 4.78 is 30.9. The van der Waals surface area contributed by atoms with Crippen LogP contribution in [0.25, 0.3) is 11.5 Å². The van der Waals surface area contributed by atoms with E-state index in [9.17, 15) is 13.2 Å². The van der Waals surface area contributed by atoms with Crippen molar-refractivity contribution in [3.8, 4) is 11.5 Å². The van der Waals surface area contributed by atoms with Crippen molar-refractivity contribution in [2.24, 2.45) is 0 Å². The van der Waals surface area contributed by atoms with E-state index in [0.717, 1.165) is 0 Å². The first-order chi connectivity index (χ1) is 12.9. The number of nitrogens with one attached hydrogen (secondary N) is 1. The van der Waals surface area contributed by atoms with E-state index in [-0.39, 0.29) is 23.0 Å². The summed E-state index contributed by atoms with van der Waals surface area (Å²) in [6.07, 6.45) is 1.91. The Bertz CT molecular complexity index is 1060. The predicted molar refractivity (Wildman–Crippen MR) is 99.2 cm³/mol. The molecule has 1 N–H and O–H groups in total. The molecule has 0 saturated carbocycles. The molecular weight excluding hydrogens is 390 g/mol. The van der Waals surface area contributed by atoms with Crippen LogP contribution in [-0.2, 0) is 9.84 Å². The molecule has 1 aromatic carbocycles. The number of rotatable bonds is 4. The normalized spacial score (nSPS) is 17.4. The molecule has 0 bridgehead atoms. The Hall–Kier alpha value is -2.58. The Morgan fingerprint density at radius 3 is 2.74 bits per heavy atom. The van der Waals surface area contributed by atoms with E-state index < -0.39 is 15.1 Å². The number of nitrogens with zero attached hydrogens (tertiary/aromatic N) is 2. The fraction of sp³-hybridized carbons (Fsp3) is 0.222. The van der Waals surface area contributed by atoms with Crippen LogP contribution >= 0.6 is 11.6 Å². The highest BCUT2D eigenvalue weighted by atomic mass is 35.5. The van der Waals surface area contributed by atoms with Gasteiger partial charge in [-0.25, -0.2) is 8.42 Å². The molecule has 3 heterocycles. The number of H-pyrrole nitrogens is 1. The van der Waals surface area contributed by atoms with Crippen molar-refractivity contribution in [3.63, 3.8) is 0 Å².